The van der Waals surface area contributed by atoms with Crippen molar-refractivity contribution in [1.82, 2.24) is 23.5 Å². The predicted octanol–water partition coefficient (Wildman–Crippen LogP) is -0.356. The van der Waals surface area contributed by atoms with Gasteiger partial charge in [-0.1, -0.05) is 0 Å². The molecule has 0 atom stereocenters. The van der Waals surface area contributed by atoms with E-state index >= 15 is 0 Å². The third-order valence-electron chi connectivity index (χ3n) is 5.02. The van der Waals surface area contributed by atoms with Crippen LogP contribution in [0.5, 0.6) is 0 Å². The molecule has 2 aliphatic heterocycles. The highest BCUT2D eigenvalue weighted by Gasteiger charge is 2.34. The van der Waals surface area contributed by atoms with Gasteiger partial charge in [-0.2, -0.15) is 17.0 Å². The van der Waals surface area contributed by atoms with Crippen LogP contribution in [0.3, 0.4) is 0 Å². The van der Waals surface area contributed by atoms with Crippen LogP contribution in [-0.4, -0.2) is 91.2 Å². The van der Waals surface area contributed by atoms with E-state index in [1.807, 2.05) is 4.90 Å². The van der Waals surface area contributed by atoms with E-state index in [2.05, 4.69) is 14.9 Å². The SMILES string of the molecule is CN(C)S(=O)(=O)N1CCC(C(=O)N2CCN(c3ncccn3)CC2)CC1. The van der Waals surface area contributed by atoms with Crippen molar-refractivity contribution in [3.05, 3.63) is 18.5 Å². The predicted molar refractivity (Wildman–Crippen MR) is 97.7 cm³/mol. The quantitative estimate of drug-likeness (QED) is 0.707. The molecule has 0 N–H and O–H groups in total. The fraction of sp³-hybridized carbons (Fsp3) is 0.688. The Balaban J connectivity index is 1.51. The van der Waals surface area contributed by atoms with Crippen LogP contribution in [0, 0.1) is 5.92 Å². The lowest BCUT2D eigenvalue weighted by atomic mass is 9.96. The van der Waals surface area contributed by atoms with Gasteiger partial charge in [-0.25, -0.2) is 9.97 Å². The summed E-state index contributed by atoms with van der Waals surface area (Å²) in [5, 5.41) is 0. The smallest absolute Gasteiger partial charge is 0.281 e. The lowest BCUT2D eigenvalue weighted by Gasteiger charge is -2.38. The number of piperidine rings is 1. The average molecular weight is 382 g/mol. The summed E-state index contributed by atoms with van der Waals surface area (Å²) in [6.45, 7) is 3.51. The Labute approximate surface area is 154 Å². The second kappa shape index (κ2) is 7.85. The van der Waals surface area contributed by atoms with Gasteiger partial charge < -0.3 is 9.80 Å². The van der Waals surface area contributed by atoms with E-state index in [9.17, 15) is 13.2 Å². The summed E-state index contributed by atoms with van der Waals surface area (Å²) in [4.78, 5) is 25.3. The number of anilines is 1. The Morgan fingerprint density at radius 2 is 1.62 bits per heavy atom. The molecule has 0 radical (unpaired) electrons. The summed E-state index contributed by atoms with van der Waals surface area (Å²) < 4.78 is 27.0. The van der Waals surface area contributed by atoms with Crippen LogP contribution in [0.25, 0.3) is 0 Å². The van der Waals surface area contributed by atoms with Crippen LogP contribution in [0.2, 0.25) is 0 Å². The second-order valence-electron chi connectivity index (χ2n) is 6.82. The molecule has 144 valence electrons. The maximum atomic E-state index is 12.8. The highest BCUT2D eigenvalue weighted by molar-refractivity contribution is 7.86. The maximum Gasteiger partial charge on any atom is 0.281 e. The summed E-state index contributed by atoms with van der Waals surface area (Å²) in [5.74, 6) is 0.741. The van der Waals surface area contributed by atoms with Crippen molar-refractivity contribution in [2.24, 2.45) is 5.92 Å². The van der Waals surface area contributed by atoms with Gasteiger partial charge in [0.15, 0.2) is 0 Å². The van der Waals surface area contributed by atoms with E-state index in [-0.39, 0.29) is 11.8 Å². The number of carbonyl (C=O) groups excluding carboxylic acids is 1. The molecule has 0 aliphatic carbocycles. The van der Waals surface area contributed by atoms with Crippen LogP contribution >= 0.6 is 0 Å². The van der Waals surface area contributed by atoms with Gasteiger partial charge in [0.2, 0.25) is 11.9 Å². The maximum absolute atomic E-state index is 12.8. The highest BCUT2D eigenvalue weighted by atomic mass is 32.2. The summed E-state index contributed by atoms with van der Waals surface area (Å²) in [7, 11) is -0.330. The molecule has 1 amide bonds. The van der Waals surface area contributed by atoms with Gasteiger partial charge in [0, 0.05) is 71.7 Å². The van der Waals surface area contributed by atoms with E-state index in [4.69, 9.17) is 0 Å². The topological polar surface area (TPSA) is 90.0 Å². The number of hydrogen-bond donors (Lipinski definition) is 0. The van der Waals surface area contributed by atoms with E-state index in [0.717, 1.165) is 0 Å². The molecule has 26 heavy (non-hydrogen) atoms. The monoisotopic (exact) mass is 382 g/mol. The molecule has 1 aromatic rings. The first-order valence-corrected chi connectivity index (χ1v) is 10.3. The minimum absolute atomic E-state index is 0.0943. The molecule has 0 aromatic carbocycles. The Morgan fingerprint density at radius 3 is 2.15 bits per heavy atom. The fourth-order valence-electron chi connectivity index (χ4n) is 3.40. The first-order chi connectivity index (χ1) is 12.4. The number of nitrogens with zero attached hydrogens (tertiary/aromatic N) is 6. The summed E-state index contributed by atoms with van der Waals surface area (Å²) in [6.07, 6.45) is 4.59. The van der Waals surface area contributed by atoms with E-state index < -0.39 is 10.2 Å². The van der Waals surface area contributed by atoms with E-state index in [1.54, 1.807) is 18.5 Å². The first kappa shape index (κ1) is 19.0. The van der Waals surface area contributed by atoms with Gasteiger partial charge in [0.25, 0.3) is 10.2 Å². The molecule has 10 heteroatoms. The van der Waals surface area contributed by atoms with Crippen LogP contribution in [0.15, 0.2) is 18.5 Å². The molecule has 2 aliphatic rings. The Kier molecular flexibility index (Phi) is 5.73. The first-order valence-electron chi connectivity index (χ1n) is 8.88. The largest absolute Gasteiger partial charge is 0.339 e. The van der Waals surface area contributed by atoms with Crippen molar-refractivity contribution in [2.75, 3.05) is 58.3 Å². The zero-order valence-electron chi connectivity index (χ0n) is 15.3. The average Bonchev–Trinajstić information content (AvgIpc) is 2.68. The van der Waals surface area contributed by atoms with Crippen molar-refractivity contribution in [3.63, 3.8) is 0 Å². The molecular weight excluding hydrogens is 356 g/mol. The molecule has 0 bridgehead atoms. The zero-order chi connectivity index (χ0) is 18.7. The molecular formula is C16H26N6O3S. The summed E-state index contributed by atoms with van der Waals surface area (Å²) >= 11 is 0. The van der Waals surface area contributed by atoms with Crippen LogP contribution in [-0.2, 0) is 15.0 Å². The van der Waals surface area contributed by atoms with Gasteiger partial charge >= 0.3 is 0 Å². The van der Waals surface area contributed by atoms with Crippen molar-refractivity contribution < 1.29 is 13.2 Å². The molecule has 0 spiro atoms. The molecule has 0 saturated carbocycles. The summed E-state index contributed by atoms with van der Waals surface area (Å²) in [5.41, 5.74) is 0. The zero-order valence-corrected chi connectivity index (χ0v) is 16.1. The number of carbonyl (C=O) groups is 1. The Bertz CT molecular complexity index is 711. The van der Waals surface area contributed by atoms with Crippen molar-refractivity contribution in [1.29, 1.82) is 0 Å². The van der Waals surface area contributed by atoms with Gasteiger partial charge in [-0.05, 0) is 18.9 Å². The number of amides is 1. The molecule has 1 aromatic heterocycles. The van der Waals surface area contributed by atoms with Gasteiger partial charge in [-0.15, -0.1) is 0 Å². The van der Waals surface area contributed by atoms with E-state index in [0.29, 0.717) is 58.1 Å². The second-order valence-corrected chi connectivity index (χ2v) is 8.97. The fourth-order valence-corrected chi connectivity index (χ4v) is 4.54. The minimum atomic E-state index is -3.39. The van der Waals surface area contributed by atoms with Gasteiger partial charge in [-0.3, -0.25) is 4.79 Å². The van der Waals surface area contributed by atoms with Crippen molar-refractivity contribution in [3.8, 4) is 0 Å². The molecule has 2 fully saturated rings. The third-order valence-corrected chi connectivity index (χ3v) is 6.96. The lowest BCUT2D eigenvalue weighted by Crippen LogP contribution is -2.52. The Hall–Kier alpha value is -1.78. The normalized spacial score (nSPS) is 20.6. The van der Waals surface area contributed by atoms with Crippen LogP contribution < -0.4 is 4.90 Å². The number of aromatic nitrogens is 2. The highest BCUT2D eigenvalue weighted by Crippen LogP contribution is 2.23. The molecule has 3 heterocycles. The number of rotatable bonds is 4. The van der Waals surface area contributed by atoms with Gasteiger partial charge in [0.05, 0.1) is 0 Å². The molecule has 2 saturated heterocycles. The molecule has 9 nitrogen and oxygen atoms in total. The van der Waals surface area contributed by atoms with E-state index in [1.165, 1.54) is 22.7 Å². The number of hydrogen-bond acceptors (Lipinski definition) is 6. The van der Waals surface area contributed by atoms with Crippen molar-refractivity contribution >= 4 is 22.1 Å². The van der Waals surface area contributed by atoms with Crippen LogP contribution in [0.1, 0.15) is 12.8 Å². The lowest BCUT2D eigenvalue weighted by molar-refractivity contribution is -0.137. The molecule has 3 rings (SSSR count). The van der Waals surface area contributed by atoms with Crippen molar-refractivity contribution in [2.45, 2.75) is 12.8 Å². The minimum Gasteiger partial charge on any atom is -0.339 e. The Morgan fingerprint density at radius 1 is 1.04 bits per heavy atom. The summed E-state index contributed by atoms with van der Waals surface area (Å²) in [6, 6.07) is 1.78. The third kappa shape index (κ3) is 3.97. The van der Waals surface area contributed by atoms with Gasteiger partial charge in [0.1, 0.15) is 0 Å². The standard InChI is InChI=1S/C16H26N6O3S/c1-19(2)26(24,25)22-8-4-14(5-9-22)15(23)20-10-12-21(13-11-20)16-17-6-3-7-18-16/h3,6-7,14H,4-5,8-13H2,1-2H3. The number of piperazine rings is 1. The van der Waals surface area contributed by atoms with Crippen LogP contribution in [0.4, 0.5) is 5.95 Å². The molecule has 0 unspecified atom stereocenters.